The molecule has 1 aliphatic heterocycles. The topological polar surface area (TPSA) is 66.5 Å². The Hall–Kier alpha value is -1.11. The van der Waals surface area contributed by atoms with Crippen molar-refractivity contribution >= 4 is 27.5 Å². The molecule has 7 heteroatoms. The first-order valence-electron chi connectivity index (χ1n) is 7.37. The molecule has 1 aromatic rings. The third-order valence-corrected chi connectivity index (χ3v) is 6.00. The van der Waals surface area contributed by atoms with Gasteiger partial charge in [-0.2, -0.15) is 4.31 Å². The highest BCUT2D eigenvalue weighted by molar-refractivity contribution is 7.89. The molecule has 0 aromatic heterocycles. The Bertz CT molecular complexity index is 631. The molecule has 0 bridgehead atoms. The first-order chi connectivity index (χ1) is 10.3. The number of carbonyl (C=O) groups is 1. The molecule has 1 amide bonds. The van der Waals surface area contributed by atoms with Gasteiger partial charge in [-0.15, -0.1) is 0 Å². The average Bonchev–Trinajstić information content (AvgIpc) is 2.83. The number of carbonyl (C=O) groups excluding carboxylic acids is 1. The molecular weight excluding hydrogens is 324 g/mol. The number of rotatable bonds is 5. The van der Waals surface area contributed by atoms with Gasteiger partial charge in [0.15, 0.2) is 0 Å². The predicted molar refractivity (Wildman–Crippen MR) is 86.2 cm³/mol. The zero-order valence-corrected chi connectivity index (χ0v) is 14.3. The fraction of sp³-hybridized carbons (Fsp3) is 0.533. The molecular formula is C15H21ClN2O3S. The van der Waals surface area contributed by atoms with Crippen molar-refractivity contribution < 1.29 is 13.2 Å². The monoisotopic (exact) mass is 344 g/mol. The molecule has 1 N–H and O–H groups in total. The number of hydrogen-bond acceptors (Lipinski definition) is 3. The van der Waals surface area contributed by atoms with E-state index in [2.05, 4.69) is 12.2 Å². The van der Waals surface area contributed by atoms with Gasteiger partial charge in [-0.3, -0.25) is 4.79 Å². The predicted octanol–water partition coefficient (Wildman–Crippen LogP) is 2.27. The van der Waals surface area contributed by atoms with Crippen molar-refractivity contribution in [2.45, 2.75) is 37.6 Å². The van der Waals surface area contributed by atoms with Crippen molar-refractivity contribution in [2.75, 3.05) is 13.1 Å². The lowest BCUT2D eigenvalue weighted by atomic mass is 9.98. The summed E-state index contributed by atoms with van der Waals surface area (Å²) in [6, 6.07) is 6.04. The molecule has 2 rings (SSSR count). The summed E-state index contributed by atoms with van der Waals surface area (Å²) in [7, 11) is -3.55. The first kappa shape index (κ1) is 17.2. The second-order valence-corrected chi connectivity index (χ2v) is 8.01. The van der Waals surface area contributed by atoms with E-state index in [9.17, 15) is 13.2 Å². The van der Waals surface area contributed by atoms with Gasteiger partial charge < -0.3 is 5.32 Å². The van der Waals surface area contributed by atoms with Crippen LogP contribution in [0.4, 0.5) is 0 Å². The van der Waals surface area contributed by atoms with Crippen LogP contribution in [0.25, 0.3) is 0 Å². The fourth-order valence-electron chi connectivity index (χ4n) is 2.87. The molecule has 1 fully saturated rings. The van der Waals surface area contributed by atoms with Gasteiger partial charge in [0.05, 0.1) is 4.90 Å². The summed E-state index contributed by atoms with van der Waals surface area (Å²) in [5, 5.41) is 3.37. The van der Waals surface area contributed by atoms with Crippen molar-refractivity contribution in [3.05, 3.63) is 29.3 Å². The maximum atomic E-state index is 12.7. The quantitative estimate of drug-likeness (QED) is 0.891. The maximum Gasteiger partial charge on any atom is 0.243 e. The largest absolute Gasteiger partial charge is 0.352 e. The van der Waals surface area contributed by atoms with Crippen LogP contribution >= 0.6 is 11.6 Å². The van der Waals surface area contributed by atoms with Crippen LogP contribution in [0.2, 0.25) is 5.02 Å². The van der Waals surface area contributed by atoms with Gasteiger partial charge in [-0.25, -0.2) is 8.42 Å². The zero-order valence-electron chi connectivity index (χ0n) is 12.8. The van der Waals surface area contributed by atoms with Crippen LogP contribution in [0, 0.1) is 5.92 Å². The standard InChI is InChI=1S/C15H21ClN2O3S/c1-3-4-12-9-18(10-15(12)17-11(2)19)22(20,21)14-7-5-13(16)6-8-14/h5-8,12,15H,3-4,9-10H2,1-2H3,(H,17,19)/t12-,15-/m1/s1. The van der Waals surface area contributed by atoms with Crippen LogP contribution in [0.1, 0.15) is 26.7 Å². The van der Waals surface area contributed by atoms with Crippen LogP contribution in [0.15, 0.2) is 29.2 Å². The molecule has 5 nitrogen and oxygen atoms in total. The normalized spacial score (nSPS) is 22.7. The summed E-state index contributed by atoms with van der Waals surface area (Å²) in [4.78, 5) is 11.6. The Labute approximate surface area is 136 Å². The molecule has 0 spiro atoms. The number of hydrogen-bond donors (Lipinski definition) is 1. The van der Waals surface area contributed by atoms with E-state index in [1.807, 2.05) is 0 Å². The van der Waals surface area contributed by atoms with Crippen molar-refractivity contribution in [3.8, 4) is 0 Å². The van der Waals surface area contributed by atoms with Gasteiger partial charge in [0, 0.05) is 31.1 Å². The second-order valence-electron chi connectivity index (χ2n) is 5.63. The summed E-state index contributed by atoms with van der Waals surface area (Å²) < 4.78 is 26.8. The highest BCUT2D eigenvalue weighted by atomic mass is 35.5. The van der Waals surface area contributed by atoms with Gasteiger partial charge in [0.25, 0.3) is 0 Å². The van der Waals surface area contributed by atoms with E-state index in [-0.39, 0.29) is 22.8 Å². The summed E-state index contributed by atoms with van der Waals surface area (Å²) in [6.45, 7) is 4.26. The Morgan fingerprint density at radius 2 is 1.95 bits per heavy atom. The van der Waals surface area contributed by atoms with Gasteiger partial charge in [0.2, 0.25) is 15.9 Å². The lowest BCUT2D eigenvalue weighted by Gasteiger charge is -2.17. The third kappa shape index (κ3) is 3.80. The summed E-state index contributed by atoms with van der Waals surface area (Å²) in [5.74, 6) is 0.0211. The SMILES string of the molecule is CCC[C@@H]1CN(S(=O)(=O)c2ccc(Cl)cc2)C[C@H]1NC(C)=O. The molecule has 1 aromatic carbocycles. The molecule has 22 heavy (non-hydrogen) atoms. The smallest absolute Gasteiger partial charge is 0.243 e. The van der Waals surface area contributed by atoms with Gasteiger partial charge >= 0.3 is 0 Å². The third-order valence-electron chi connectivity index (χ3n) is 3.91. The number of amides is 1. The number of benzene rings is 1. The molecule has 1 aliphatic rings. The van der Waals surface area contributed by atoms with Gasteiger partial charge in [0.1, 0.15) is 0 Å². The molecule has 122 valence electrons. The molecule has 0 radical (unpaired) electrons. The summed E-state index contributed by atoms with van der Waals surface area (Å²) in [6.07, 6.45) is 1.84. The van der Waals surface area contributed by atoms with Gasteiger partial charge in [-0.1, -0.05) is 24.9 Å². The van der Waals surface area contributed by atoms with E-state index in [0.29, 0.717) is 18.1 Å². The van der Waals surface area contributed by atoms with E-state index in [0.717, 1.165) is 12.8 Å². The Kier molecular flexibility index (Phi) is 5.47. The number of nitrogens with zero attached hydrogens (tertiary/aromatic N) is 1. The number of nitrogens with one attached hydrogen (secondary N) is 1. The average molecular weight is 345 g/mol. The van der Waals surface area contributed by atoms with Crippen molar-refractivity contribution in [1.29, 1.82) is 0 Å². The van der Waals surface area contributed by atoms with Crippen molar-refractivity contribution in [2.24, 2.45) is 5.92 Å². The second kappa shape index (κ2) is 6.98. The van der Waals surface area contributed by atoms with Crippen LogP contribution in [-0.2, 0) is 14.8 Å². The molecule has 0 unspecified atom stereocenters. The lowest BCUT2D eigenvalue weighted by molar-refractivity contribution is -0.119. The molecule has 0 saturated carbocycles. The van der Waals surface area contributed by atoms with Crippen LogP contribution in [0.3, 0.4) is 0 Å². The zero-order chi connectivity index (χ0) is 16.3. The van der Waals surface area contributed by atoms with E-state index in [1.54, 1.807) is 12.1 Å². The minimum atomic E-state index is -3.55. The van der Waals surface area contributed by atoms with E-state index >= 15 is 0 Å². The minimum Gasteiger partial charge on any atom is -0.352 e. The minimum absolute atomic E-state index is 0.125. The number of sulfonamides is 1. The maximum absolute atomic E-state index is 12.7. The van der Waals surface area contributed by atoms with Crippen LogP contribution < -0.4 is 5.32 Å². The van der Waals surface area contributed by atoms with Crippen LogP contribution in [0.5, 0.6) is 0 Å². The molecule has 1 heterocycles. The Morgan fingerprint density at radius 3 is 2.50 bits per heavy atom. The first-order valence-corrected chi connectivity index (χ1v) is 9.19. The van der Waals surface area contributed by atoms with Crippen molar-refractivity contribution in [1.82, 2.24) is 9.62 Å². The Morgan fingerprint density at radius 1 is 1.32 bits per heavy atom. The molecule has 2 atom stereocenters. The number of halogens is 1. The van der Waals surface area contributed by atoms with E-state index < -0.39 is 10.0 Å². The van der Waals surface area contributed by atoms with E-state index in [1.165, 1.54) is 23.4 Å². The lowest BCUT2D eigenvalue weighted by Crippen LogP contribution is -2.39. The Balaban J connectivity index is 2.21. The summed E-state index contributed by atoms with van der Waals surface area (Å²) in [5.41, 5.74) is 0. The fourth-order valence-corrected chi connectivity index (χ4v) is 4.52. The molecule has 0 aliphatic carbocycles. The highest BCUT2D eigenvalue weighted by Crippen LogP contribution is 2.28. The van der Waals surface area contributed by atoms with Crippen molar-refractivity contribution in [3.63, 3.8) is 0 Å². The van der Waals surface area contributed by atoms with Gasteiger partial charge in [-0.05, 0) is 36.6 Å². The van der Waals surface area contributed by atoms with E-state index in [4.69, 9.17) is 11.6 Å². The van der Waals surface area contributed by atoms with Crippen LogP contribution in [-0.4, -0.2) is 37.8 Å². The highest BCUT2D eigenvalue weighted by Gasteiger charge is 2.39. The summed E-state index contributed by atoms with van der Waals surface area (Å²) >= 11 is 5.81. The molecule has 1 saturated heterocycles.